The van der Waals surface area contributed by atoms with E-state index in [1.807, 2.05) is 19.9 Å². The molecule has 0 aliphatic rings. The number of rotatable bonds is 2. The Labute approximate surface area is 132 Å². The molecule has 0 radical (unpaired) electrons. The van der Waals surface area contributed by atoms with E-state index in [0.717, 1.165) is 5.56 Å². The fourth-order valence-electron chi connectivity index (χ4n) is 2.39. The second kappa shape index (κ2) is 5.50. The van der Waals surface area contributed by atoms with Crippen molar-refractivity contribution in [2.24, 2.45) is 0 Å². The molecule has 22 heavy (non-hydrogen) atoms. The summed E-state index contributed by atoms with van der Waals surface area (Å²) in [7, 11) is 0. The van der Waals surface area contributed by atoms with Crippen molar-refractivity contribution in [2.45, 2.75) is 19.8 Å². The monoisotopic (exact) mass is 314 g/mol. The maximum absolute atomic E-state index is 12.2. The first-order valence-electron chi connectivity index (χ1n) is 7.03. The highest BCUT2D eigenvalue weighted by atomic mass is 35.5. The van der Waals surface area contributed by atoms with Gasteiger partial charge in [-0.3, -0.25) is 4.79 Å². The SMILES string of the molecule is CC(C)c1ccc(-c2cc(=O)c3cccc(Cl)c3o2)c(O)c1. The lowest BCUT2D eigenvalue weighted by atomic mass is 10.00. The zero-order chi connectivity index (χ0) is 15.9. The van der Waals surface area contributed by atoms with Gasteiger partial charge in [0.25, 0.3) is 0 Å². The minimum absolute atomic E-state index is 0.0840. The molecule has 2 aromatic carbocycles. The maximum Gasteiger partial charge on any atom is 0.193 e. The van der Waals surface area contributed by atoms with Crippen LogP contribution in [0, 0.1) is 0 Å². The van der Waals surface area contributed by atoms with Gasteiger partial charge < -0.3 is 9.52 Å². The number of phenolic OH excluding ortho intramolecular Hbond substituents is 1. The van der Waals surface area contributed by atoms with E-state index in [-0.39, 0.29) is 11.2 Å². The number of hydrogen-bond donors (Lipinski definition) is 1. The number of benzene rings is 2. The molecule has 112 valence electrons. The minimum Gasteiger partial charge on any atom is -0.507 e. The molecule has 3 aromatic rings. The highest BCUT2D eigenvalue weighted by Crippen LogP contribution is 2.33. The van der Waals surface area contributed by atoms with Crippen molar-refractivity contribution in [2.75, 3.05) is 0 Å². The highest BCUT2D eigenvalue weighted by Gasteiger charge is 2.13. The average molecular weight is 315 g/mol. The van der Waals surface area contributed by atoms with Gasteiger partial charge in [0.05, 0.1) is 16.0 Å². The van der Waals surface area contributed by atoms with Crippen molar-refractivity contribution in [1.82, 2.24) is 0 Å². The van der Waals surface area contributed by atoms with Crippen LogP contribution in [-0.4, -0.2) is 5.11 Å². The molecule has 0 amide bonds. The Kier molecular flexibility index (Phi) is 3.67. The van der Waals surface area contributed by atoms with Crippen LogP contribution in [0.25, 0.3) is 22.3 Å². The smallest absolute Gasteiger partial charge is 0.193 e. The summed E-state index contributed by atoms with van der Waals surface area (Å²) in [6.07, 6.45) is 0. The third kappa shape index (κ3) is 2.48. The molecule has 0 aliphatic heterocycles. The summed E-state index contributed by atoms with van der Waals surface area (Å²) in [4.78, 5) is 12.2. The lowest BCUT2D eigenvalue weighted by molar-refractivity contribution is 0.473. The molecule has 3 rings (SSSR count). The van der Waals surface area contributed by atoms with Crippen LogP contribution in [0.15, 0.2) is 51.7 Å². The Morgan fingerprint density at radius 3 is 2.59 bits per heavy atom. The lowest BCUT2D eigenvalue weighted by Gasteiger charge is -2.10. The zero-order valence-electron chi connectivity index (χ0n) is 12.3. The van der Waals surface area contributed by atoms with Gasteiger partial charge in [0, 0.05) is 6.07 Å². The van der Waals surface area contributed by atoms with Crippen LogP contribution < -0.4 is 5.43 Å². The molecule has 0 spiro atoms. The summed E-state index contributed by atoms with van der Waals surface area (Å²) in [6, 6.07) is 11.8. The summed E-state index contributed by atoms with van der Waals surface area (Å²) in [5.74, 6) is 0.692. The van der Waals surface area contributed by atoms with Crippen LogP contribution in [0.5, 0.6) is 5.75 Å². The number of phenols is 1. The molecule has 0 aliphatic carbocycles. The molecular weight excluding hydrogens is 300 g/mol. The van der Waals surface area contributed by atoms with E-state index in [2.05, 4.69) is 0 Å². The van der Waals surface area contributed by atoms with Gasteiger partial charge in [-0.15, -0.1) is 0 Å². The van der Waals surface area contributed by atoms with Gasteiger partial charge in [0.15, 0.2) is 11.0 Å². The largest absolute Gasteiger partial charge is 0.507 e. The second-order valence-electron chi connectivity index (χ2n) is 5.52. The predicted molar refractivity (Wildman–Crippen MR) is 88.7 cm³/mol. The zero-order valence-corrected chi connectivity index (χ0v) is 13.0. The predicted octanol–water partition coefficient (Wildman–Crippen LogP) is 4.94. The first-order chi connectivity index (χ1) is 10.5. The fraction of sp³-hybridized carbons (Fsp3) is 0.167. The standard InChI is InChI=1S/C18H15ClO3/c1-10(2)11-6-7-12(15(20)8-11)17-9-16(21)13-4-3-5-14(19)18(13)22-17/h3-10,20H,1-2H3. The average Bonchev–Trinajstić information content (AvgIpc) is 2.48. The van der Waals surface area contributed by atoms with E-state index in [0.29, 0.717) is 33.2 Å². The van der Waals surface area contributed by atoms with E-state index in [1.165, 1.54) is 6.07 Å². The van der Waals surface area contributed by atoms with Crippen molar-refractivity contribution >= 4 is 22.6 Å². The van der Waals surface area contributed by atoms with Crippen LogP contribution in [0.1, 0.15) is 25.3 Å². The Morgan fingerprint density at radius 2 is 1.91 bits per heavy atom. The molecular formula is C18H15ClO3. The summed E-state index contributed by atoms with van der Waals surface area (Å²) >= 11 is 6.10. The van der Waals surface area contributed by atoms with Gasteiger partial charge in [-0.05, 0) is 35.7 Å². The molecule has 0 fully saturated rings. The van der Waals surface area contributed by atoms with E-state index in [1.54, 1.807) is 30.3 Å². The molecule has 1 aromatic heterocycles. The minimum atomic E-state index is -0.189. The van der Waals surface area contributed by atoms with Crippen molar-refractivity contribution in [3.05, 3.63) is 63.3 Å². The van der Waals surface area contributed by atoms with Crippen LogP contribution in [-0.2, 0) is 0 Å². The molecule has 0 saturated heterocycles. The van der Waals surface area contributed by atoms with Gasteiger partial charge in [-0.2, -0.15) is 0 Å². The van der Waals surface area contributed by atoms with Crippen molar-refractivity contribution in [3.8, 4) is 17.1 Å². The Hall–Kier alpha value is -2.26. The number of para-hydroxylation sites is 1. The number of aromatic hydroxyl groups is 1. The van der Waals surface area contributed by atoms with Crippen LogP contribution in [0.3, 0.4) is 0 Å². The summed E-state index contributed by atoms with van der Waals surface area (Å²) in [5, 5.41) is 11.0. The Bertz CT molecular complexity index is 910. The number of fused-ring (bicyclic) bond motifs is 1. The molecule has 4 heteroatoms. The maximum atomic E-state index is 12.2. The third-order valence-corrected chi connectivity index (χ3v) is 3.96. The molecule has 3 nitrogen and oxygen atoms in total. The first-order valence-corrected chi connectivity index (χ1v) is 7.41. The van der Waals surface area contributed by atoms with Gasteiger partial charge in [0.1, 0.15) is 11.5 Å². The Balaban J connectivity index is 2.23. The topological polar surface area (TPSA) is 50.4 Å². The van der Waals surface area contributed by atoms with Gasteiger partial charge in [-0.1, -0.05) is 37.6 Å². The van der Waals surface area contributed by atoms with Gasteiger partial charge in [-0.25, -0.2) is 0 Å². The Morgan fingerprint density at radius 1 is 1.14 bits per heavy atom. The normalized spacial score (nSPS) is 11.3. The molecule has 1 heterocycles. The number of halogens is 1. The molecule has 0 atom stereocenters. The van der Waals surface area contributed by atoms with Crippen LogP contribution in [0.2, 0.25) is 5.02 Å². The van der Waals surface area contributed by atoms with E-state index in [9.17, 15) is 9.90 Å². The molecule has 0 bridgehead atoms. The second-order valence-corrected chi connectivity index (χ2v) is 5.93. The van der Waals surface area contributed by atoms with Crippen molar-refractivity contribution < 1.29 is 9.52 Å². The summed E-state index contributed by atoms with van der Waals surface area (Å²) in [6.45, 7) is 4.09. The van der Waals surface area contributed by atoms with Crippen LogP contribution >= 0.6 is 11.6 Å². The van der Waals surface area contributed by atoms with E-state index in [4.69, 9.17) is 16.0 Å². The molecule has 0 unspecified atom stereocenters. The summed E-state index contributed by atoms with van der Waals surface area (Å²) in [5.41, 5.74) is 1.64. The molecule has 1 N–H and O–H groups in total. The van der Waals surface area contributed by atoms with Crippen LogP contribution in [0.4, 0.5) is 0 Å². The van der Waals surface area contributed by atoms with Crippen molar-refractivity contribution in [1.29, 1.82) is 0 Å². The van der Waals surface area contributed by atoms with Gasteiger partial charge >= 0.3 is 0 Å². The number of hydrogen-bond acceptors (Lipinski definition) is 3. The van der Waals surface area contributed by atoms with E-state index >= 15 is 0 Å². The lowest BCUT2D eigenvalue weighted by Crippen LogP contribution is -2.00. The van der Waals surface area contributed by atoms with Gasteiger partial charge in [0.2, 0.25) is 0 Å². The fourth-order valence-corrected chi connectivity index (χ4v) is 2.60. The summed E-state index contributed by atoms with van der Waals surface area (Å²) < 4.78 is 5.75. The quantitative estimate of drug-likeness (QED) is 0.728. The highest BCUT2D eigenvalue weighted by molar-refractivity contribution is 6.34. The molecule has 0 saturated carbocycles. The third-order valence-electron chi connectivity index (χ3n) is 3.66. The van der Waals surface area contributed by atoms with Crippen molar-refractivity contribution in [3.63, 3.8) is 0 Å². The van der Waals surface area contributed by atoms with E-state index < -0.39 is 0 Å². The first kappa shape index (κ1) is 14.7.